The van der Waals surface area contributed by atoms with Crippen LogP contribution in [0.4, 0.5) is 10.2 Å². The van der Waals surface area contributed by atoms with E-state index in [2.05, 4.69) is 20.6 Å². The summed E-state index contributed by atoms with van der Waals surface area (Å²) in [5, 5.41) is 6.62. The minimum atomic E-state index is -0.916. The molecule has 0 amide bonds. The van der Waals surface area contributed by atoms with Gasteiger partial charge in [0.15, 0.2) is 17.6 Å². The highest BCUT2D eigenvalue weighted by Crippen LogP contribution is 2.20. The molecule has 0 aliphatic carbocycles. The fourth-order valence-corrected chi connectivity index (χ4v) is 3.61. The number of anilines is 1. The van der Waals surface area contributed by atoms with E-state index in [0.29, 0.717) is 30.6 Å². The van der Waals surface area contributed by atoms with Crippen LogP contribution in [0.3, 0.4) is 0 Å². The van der Waals surface area contributed by atoms with Crippen molar-refractivity contribution in [2.24, 2.45) is 4.99 Å². The van der Waals surface area contributed by atoms with Crippen LogP contribution in [-0.2, 0) is 10.8 Å². The summed E-state index contributed by atoms with van der Waals surface area (Å²) in [6.45, 7) is 10.6. The molecule has 154 valence electrons. The Morgan fingerprint density at radius 1 is 1.48 bits per heavy atom. The van der Waals surface area contributed by atoms with Crippen LogP contribution in [0.2, 0.25) is 0 Å². The zero-order valence-corrected chi connectivity index (χ0v) is 19.6. The van der Waals surface area contributed by atoms with Crippen LogP contribution < -0.4 is 15.5 Å². The number of hydrogen-bond donors (Lipinski definition) is 2. The van der Waals surface area contributed by atoms with Gasteiger partial charge in [-0.2, -0.15) is 0 Å². The van der Waals surface area contributed by atoms with Gasteiger partial charge in [0.1, 0.15) is 0 Å². The SMILES string of the molecule is CCNC(=NCCS(=O)C(C)(C)C)NC1CCN(c2ncccc2F)C1.I. The van der Waals surface area contributed by atoms with Gasteiger partial charge in [0.25, 0.3) is 0 Å². The zero-order chi connectivity index (χ0) is 19.2. The second-order valence-corrected chi connectivity index (χ2v) is 9.63. The second kappa shape index (κ2) is 11.1. The number of aliphatic imine (C=N–C) groups is 1. The van der Waals surface area contributed by atoms with Crippen LogP contribution in [0.5, 0.6) is 0 Å². The highest BCUT2D eigenvalue weighted by molar-refractivity contribution is 14.0. The van der Waals surface area contributed by atoms with Crippen LogP contribution in [0.25, 0.3) is 0 Å². The van der Waals surface area contributed by atoms with Crippen LogP contribution >= 0.6 is 24.0 Å². The van der Waals surface area contributed by atoms with Gasteiger partial charge >= 0.3 is 0 Å². The van der Waals surface area contributed by atoms with Crippen molar-refractivity contribution in [1.29, 1.82) is 0 Å². The van der Waals surface area contributed by atoms with Crippen molar-refractivity contribution in [3.63, 3.8) is 0 Å². The third kappa shape index (κ3) is 7.52. The van der Waals surface area contributed by atoms with E-state index in [1.165, 1.54) is 6.07 Å². The third-order valence-corrected chi connectivity index (χ3v) is 6.06. The van der Waals surface area contributed by atoms with Gasteiger partial charge in [-0.3, -0.25) is 9.20 Å². The minimum absolute atomic E-state index is 0. The molecule has 6 nitrogen and oxygen atoms in total. The number of halogens is 2. The molecule has 0 spiro atoms. The van der Waals surface area contributed by atoms with Crippen molar-refractivity contribution in [3.05, 3.63) is 24.1 Å². The molecule has 0 saturated carbocycles. The molecule has 1 fully saturated rings. The standard InChI is InChI=1S/C18H30FN5OS.HI/c1-5-20-17(22-10-12-26(25)18(2,3)4)23-14-8-11-24(13-14)16-15(19)7-6-9-21-16;/h6-7,9,14H,5,8,10-13H2,1-4H3,(H2,20,22,23);1H. The number of pyridine rings is 1. The molecule has 27 heavy (non-hydrogen) atoms. The summed E-state index contributed by atoms with van der Waals surface area (Å²) >= 11 is 0. The average Bonchev–Trinajstić information content (AvgIpc) is 3.02. The Kier molecular flexibility index (Phi) is 9.92. The Morgan fingerprint density at radius 2 is 2.22 bits per heavy atom. The molecule has 0 bridgehead atoms. The molecule has 2 N–H and O–H groups in total. The zero-order valence-electron chi connectivity index (χ0n) is 16.5. The Hall–Kier alpha value is -0.970. The molecule has 1 aromatic heterocycles. The summed E-state index contributed by atoms with van der Waals surface area (Å²) in [6.07, 6.45) is 2.49. The lowest BCUT2D eigenvalue weighted by Crippen LogP contribution is -2.45. The van der Waals surface area contributed by atoms with Crippen molar-refractivity contribution in [1.82, 2.24) is 15.6 Å². The summed E-state index contributed by atoms with van der Waals surface area (Å²) in [7, 11) is -0.916. The van der Waals surface area contributed by atoms with E-state index in [1.54, 1.807) is 12.3 Å². The lowest BCUT2D eigenvalue weighted by molar-refractivity contribution is 0.612. The normalized spacial score (nSPS) is 18.8. The first kappa shape index (κ1) is 24.1. The van der Waals surface area contributed by atoms with Crippen molar-refractivity contribution in [3.8, 4) is 0 Å². The highest BCUT2D eigenvalue weighted by atomic mass is 127. The summed E-state index contributed by atoms with van der Waals surface area (Å²) in [5.41, 5.74) is 0. The number of rotatable bonds is 6. The van der Waals surface area contributed by atoms with E-state index < -0.39 is 10.8 Å². The van der Waals surface area contributed by atoms with Crippen molar-refractivity contribution in [2.75, 3.05) is 36.8 Å². The molecule has 2 rings (SSSR count). The van der Waals surface area contributed by atoms with Crippen LogP contribution in [0.15, 0.2) is 23.3 Å². The molecule has 1 saturated heterocycles. The van der Waals surface area contributed by atoms with Gasteiger partial charge in [-0.15, -0.1) is 24.0 Å². The number of nitrogens with zero attached hydrogens (tertiary/aromatic N) is 3. The molecule has 2 atom stereocenters. The highest BCUT2D eigenvalue weighted by Gasteiger charge is 2.26. The van der Waals surface area contributed by atoms with Crippen LogP contribution in [0.1, 0.15) is 34.1 Å². The predicted molar refractivity (Wildman–Crippen MR) is 122 cm³/mol. The van der Waals surface area contributed by atoms with Gasteiger partial charge in [0, 0.05) is 53.2 Å². The molecule has 2 heterocycles. The van der Waals surface area contributed by atoms with E-state index in [9.17, 15) is 8.60 Å². The van der Waals surface area contributed by atoms with Gasteiger partial charge in [0.05, 0.1) is 6.54 Å². The number of nitrogens with one attached hydrogen (secondary N) is 2. The maximum Gasteiger partial charge on any atom is 0.191 e. The first-order valence-corrected chi connectivity index (χ1v) is 10.4. The molecular formula is C18H31FIN5OS. The summed E-state index contributed by atoms with van der Waals surface area (Å²) in [5.74, 6) is 1.36. The van der Waals surface area contributed by atoms with Gasteiger partial charge in [-0.1, -0.05) is 0 Å². The maximum absolute atomic E-state index is 13.9. The largest absolute Gasteiger partial charge is 0.357 e. The predicted octanol–water partition coefficient (Wildman–Crippen LogP) is 2.52. The molecule has 0 aromatic carbocycles. The number of guanidine groups is 1. The second-order valence-electron chi connectivity index (χ2n) is 7.31. The Bertz CT molecular complexity index is 653. The van der Waals surface area contributed by atoms with E-state index in [1.807, 2.05) is 32.6 Å². The van der Waals surface area contributed by atoms with Gasteiger partial charge in [-0.05, 0) is 46.2 Å². The third-order valence-electron chi connectivity index (χ3n) is 4.14. The molecule has 9 heteroatoms. The molecule has 0 radical (unpaired) electrons. The van der Waals surface area contributed by atoms with Crippen molar-refractivity contribution < 1.29 is 8.60 Å². The molecule has 2 unspecified atom stereocenters. The lowest BCUT2D eigenvalue weighted by atomic mass is 10.3. The van der Waals surface area contributed by atoms with Gasteiger partial charge < -0.3 is 15.5 Å². The Balaban J connectivity index is 0.00000364. The monoisotopic (exact) mass is 511 g/mol. The molecular weight excluding hydrogens is 480 g/mol. The average molecular weight is 511 g/mol. The molecule has 1 aliphatic rings. The number of hydrogen-bond acceptors (Lipinski definition) is 4. The quantitative estimate of drug-likeness (QED) is 0.349. The Labute approximate surface area is 181 Å². The van der Waals surface area contributed by atoms with E-state index >= 15 is 0 Å². The summed E-state index contributed by atoms with van der Waals surface area (Å²) < 4.78 is 25.8. The minimum Gasteiger partial charge on any atom is -0.357 e. The molecule has 1 aliphatic heterocycles. The van der Waals surface area contributed by atoms with E-state index in [0.717, 1.165) is 19.5 Å². The summed E-state index contributed by atoms with van der Waals surface area (Å²) in [6, 6.07) is 3.20. The van der Waals surface area contributed by atoms with Crippen molar-refractivity contribution in [2.45, 2.75) is 44.9 Å². The Morgan fingerprint density at radius 3 is 2.85 bits per heavy atom. The first-order chi connectivity index (χ1) is 12.3. The van der Waals surface area contributed by atoms with Crippen LogP contribution in [-0.4, -0.2) is 57.9 Å². The summed E-state index contributed by atoms with van der Waals surface area (Å²) in [4.78, 5) is 10.6. The smallest absolute Gasteiger partial charge is 0.191 e. The van der Waals surface area contributed by atoms with Crippen LogP contribution in [0, 0.1) is 5.82 Å². The number of aromatic nitrogens is 1. The van der Waals surface area contributed by atoms with E-state index in [4.69, 9.17) is 0 Å². The molecule has 1 aromatic rings. The van der Waals surface area contributed by atoms with E-state index in [-0.39, 0.29) is 40.6 Å². The first-order valence-electron chi connectivity index (χ1n) is 9.10. The lowest BCUT2D eigenvalue weighted by Gasteiger charge is -2.20. The van der Waals surface area contributed by atoms with Crippen molar-refractivity contribution >= 4 is 46.6 Å². The fourth-order valence-electron chi connectivity index (χ4n) is 2.74. The fraction of sp³-hybridized carbons (Fsp3) is 0.667. The van der Waals surface area contributed by atoms with Gasteiger partial charge in [-0.25, -0.2) is 9.37 Å². The maximum atomic E-state index is 13.9. The topological polar surface area (TPSA) is 69.6 Å². The van der Waals surface area contributed by atoms with Gasteiger partial charge in [0.2, 0.25) is 0 Å².